The minimum Gasteiger partial charge on any atom is -0.462 e. The number of pyridine rings is 1. The van der Waals surface area contributed by atoms with E-state index in [9.17, 15) is 18.7 Å². The Hall–Kier alpha value is -3.90. The summed E-state index contributed by atoms with van der Waals surface area (Å²) in [7, 11) is 0. The Morgan fingerprint density at radius 1 is 1.00 bits per heavy atom. The maximum Gasteiger partial charge on any atom is 0.338 e. The molecule has 0 saturated heterocycles. The normalized spacial score (nSPS) is 12.2. The monoisotopic (exact) mass is 473 g/mol. The molecule has 1 heterocycles. The Morgan fingerprint density at radius 3 is 2.63 bits per heavy atom. The van der Waals surface area contributed by atoms with E-state index >= 15 is 0 Å². The average Bonchev–Trinajstić information content (AvgIpc) is 2.87. The fourth-order valence-electron chi connectivity index (χ4n) is 3.88. The van der Waals surface area contributed by atoms with Crippen LogP contribution in [-0.4, -0.2) is 22.7 Å². The molecule has 0 radical (unpaired) electrons. The third kappa shape index (κ3) is 5.97. The molecule has 4 aromatic rings. The number of esters is 1. The molecule has 6 heteroatoms. The molecule has 0 aliphatic rings. The number of fused-ring (bicyclic) bond motifs is 1. The van der Waals surface area contributed by atoms with Crippen LogP contribution >= 0.6 is 0 Å². The second-order valence-corrected chi connectivity index (χ2v) is 8.13. The minimum absolute atomic E-state index is 0.306. The molecular weight excluding hydrogens is 448 g/mol. The molecule has 0 bridgehead atoms. The molecule has 4 nitrogen and oxygen atoms in total. The highest BCUT2D eigenvalue weighted by atomic mass is 19.2. The van der Waals surface area contributed by atoms with Gasteiger partial charge >= 0.3 is 5.97 Å². The predicted molar refractivity (Wildman–Crippen MR) is 133 cm³/mol. The summed E-state index contributed by atoms with van der Waals surface area (Å²) in [4.78, 5) is 16.6. The molecule has 3 aromatic carbocycles. The second kappa shape index (κ2) is 11.0. The number of aliphatic hydroxyl groups is 1. The molecule has 0 spiro atoms. The standard InChI is InChI=1S/C29H25F2NO3/c1-2-35-29(34)24-9-4-3-7-20(24)12-15-28(33)22-8-5-6-19(16-22)10-13-23-14-11-21-17-25(30)26(31)18-27(21)32-23/h3-11,13-14,16-18,28,33H,2,12,15H2,1H3. The van der Waals surface area contributed by atoms with Crippen molar-refractivity contribution >= 4 is 29.0 Å². The van der Waals surface area contributed by atoms with Crippen LogP contribution in [-0.2, 0) is 11.2 Å². The lowest BCUT2D eigenvalue weighted by Gasteiger charge is -2.13. The van der Waals surface area contributed by atoms with Crippen LogP contribution in [0.3, 0.4) is 0 Å². The zero-order chi connectivity index (χ0) is 24.8. The Labute approximate surface area is 202 Å². The molecule has 178 valence electrons. The highest BCUT2D eigenvalue weighted by Crippen LogP contribution is 2.23. The molecule has 0 aliphatic heterocycles. The Morgan fingerprint density at radius 2 is 1.80 bits per heavy atom. The summed E-state index contributed by atoms with van der Waals surface area (Å²) in [6.07, 6.45) is 3.88. The van der Waals surface area contributed by atoms with Crippen LogP contribution in [0.15, 0.2) is 72.8 Å². The van der Waals surface area contributed by atoms with E-state index in [1.807, 2.05) is 42.5 Å². The van der Waals surface area contributed by atoms with Crippen LogP contribution in [0.5, 0.6) is 0 Å². The van der Waals surface area contributed by atoms with E-state index in [0.717, 1.165) is 28.8 Å². The van der Waals surface area contributed by atoms with Gasteiger partial charge in [-0.2, -0.15) is 0 Å². The number of ether oxygens (including phenoxy) is 1. The predicted octanol–water partition coefficient (Wildman–Crippen LogP) is 6.53. The summed E-state index contributed by atoms with van der Waals surface area (Å²) in [5, 5.41) is 11.3. The van der Waals surface area contributed by atoms with Crippen molar-refractivity contribution in [1.29, 1.82) is 0 Å². The fourth-order valence-corrected chi connectivity index (χ4v) is 3.88. The lowest BCUT2D eigenvalue weighted by Crippen LogP contribution is -2.09. The van der Waals surface area contributed by atoms with Crippen molar-refractivity contribution in [3.05, 3.63) is 112 Å². The molecule has 0 saturated carbocycles. The Balaban J connectivity index is 1.45. The van der Waals surface area contributed by atoms with Gasteiger partial charge in [0.15, 0.2) is 11.6 Å². The average molecular weight is 474 g/mol. The van der Waals surface area contributed by atoms with E-state index in [1.165, 1.54) is 0 Å². The first-order valence-electron chi connectivity index (χ1n) is 11.4. The zero-order valence-electron chi connectivity index (χ0n) is 19.2. The van der Waals surface area contributed by atoms with E-state index in [2.05, 4.69) is 4.98 Å². The number of hydrogen-bond donors (Lipinski definition) is 1. The van der Waals surface area contributed by atoms with Crippen molar-refractivity contribution < 1.29 is 23.4 Å². The lowest BCUT2D eigenvalue weighted by molar-refractivity contribution is 0.0524. The van der Waals surface area contributed by atoms with Crippen molar-refractivity contribution in [2.75, 3.05) is 6.61 Å². The van der Waals surface area contributed by atoms with Gasteiger partial charge in [-0.05, 0) is 66.8 Å². The summed E-state index contributed by atoms with van der Waals surface area (Å²) in [5.74, 6) is -2.19. The van der Waals surface area contributed by atoms with Gasteiger partial charge in [0, 0.05) is 11.5 Å². The van der Waals surface area contributed by atoms with E-state index in [-0.39, 0.29) is 5.97 Å². The topological polar surface area (TPSA) is 59.4 Å². The van der Waals surface area contributed by atoms with E-state index < -0.39 is 17.7 Å². The minimum atomic E-state index is -0.933. The third-order valence-corrected chi connectivity index (χ3v) is 5.69. The lowest BCUT2D eigenvalue weighted by atomic mass is 9.97. The summed E-state index contributed by atoms with van der Waals surface area (Å²) >= 11 is 0. The zero-order valence-corrected chi connectivity index (χ0v) is 19.2. The highest BCUT2D eigenvalue weighted by Gasteiger charge is 2.14. The first-order chi connectivity index (χ1) is 16.9. The van der Waals surface area contributed by atoms with E-state index in [0.29, 0.717) is 41.6 Å². The fraction of sp³-hybridized carbons (Fsp3) is 0.172. The first-order valence-corrected chi connectivity index (χ1v) is 11.4. The van der Waals surface area contributed by atoms with Crippen LogP contribution < -0.4 is 0 Å². The van der Waals surface area contributed by atoms with Crippen molar-refractivity contribution in [2.24, 2.45) is 0 Å². The number of carbonyl (C=O) groups excluding carboxylic acids is 1. The number of aryl methyl sites for hydroxylation is 1. The number of rotatable bonds is 8. The third-order valence-electron chi connectivity index (χ3n) is 5.69. The number of hydrogen-bond acceptors (Lipinski definition) is 4. The van der Waals surface area contributed by atoms with Gasteiger partial charge in [0.05, 0.1) is 29.5 Å². The molecule has 1 atom stereocenters. The molecule has 0 aliphatic carbocycles. The van der Waals surface area contributed by atoms with Crippen LogP contribution in [0.2, 0.25) is 0 Å². The van der Waals surface area contributed by atoms with Crippen molar-refractivity contribution in [3.8, 4) is 0 Å². The number of halogens is 2. The largest absolute Gasteiger partial charge is 0.462 e. The smallest absolute Gasteiger partial charge is 0.338 e. The van der Waals surface area contributed by atoms with Gasteiger partial charge in [-0.15, -0.1) is 0 Å². The van der Waals surface area contributed by atoms with Crippen LogP contribution in [0.1, 0.15) is 52.2 Å². The molecule has 1 N–H and O–H groups in total. The van der Waals surface area contributed by atoms with Crippen molar-refractivity contribution in [3.63, 3.8) is 0 Å². The Bertz CT molecular complexity index is 1380. The maximum atomic E-state index is 13.5. The molecule has 0 fully saturated rings. The SMILES string of the molecule is CCOC(=O)c1ccccc1CCC(O)c1cccc(C=Cc2ccc3cc(F)c(F)cc3n2)c1. The number of aliphatic hydroxyl groups excluding tert-OH is 1. The second-order valence-electron chi connectivity index (χ2n) is 8.13. The summed E-state index contributed by atoms with van der Waals surface area (Å²) in [6.45, 7) is 2.07. The van der Waals surface area contributed by atoms with Gasteiger partial charge in [0.25, 0.3) is 0 Å². The van der Waals surface area contributed by atoms with Crippen LogP contribution in [0.4, 0.5) is 8.78 Å². The van der Waals surface area contributed by atoms with Gasteiger partial charge in [-0.3, -0.25) is 0 Å². The number of aromatic nitrogens is 1. The molecule has 1 unspecified atom stereocenters. The van der Waals surface area contributed by atoms with E-state index in [1.54, 1.807) is 37.3 Å². The summed E-state index contributed by atoms with van der Waals surface area (Å²) < 4.78 is 32.1. The quantitative estimate of drug-likeness (QED) is 0.296. The Kier molecular flexibility index (Phi) is 7.63. The highest BCUT2D eigenvalue weighted by molar-refractivity contribution is 5.91. The van der Waals surface area contributed by atoms with Crippen LogP contribution in [0, 0.1) is 11.6 Å². The van der Waals surface area contributed by atoms with Gasteiger partial charge in [0.1, 0.15) is 0 Å². The number of nitrogens with zero attached hydrogens (tertiary/aromatic N) is 1. The number of carbonyl (C=O) groups is 1. The molecular formula is C29H25F2NO3. The van der Waals surface area contributed by atoms with Crippen LogP contribution in [0.25, 0.3) is 23.1 Å². The van der Waals surface area contributed by atoms with Crippen molar-refractivity contribution in [2.45, 2.75) is 25.9 Å². The van der Waals surface area contributed by atoms with E-state index in [4.69, 9.17) is 4.74 Å². The number of benzene rings is 3. The van der Waals surface area contributed by atoms with Crippen molar-refractivity contribution in [1.82, 2.24) is 4.98 Å². The molecule has 0 amide bonds. The molecule has 35 heavy (non-hydrogen) atoms. The molecule has 4 rings (SSSR count). The van der Waals surface area contributed by atoms with Gasteiger partial charge < -0.3 is 9.84 Å². The summed E-state index contributed by atoms with van der Waals surface area (Å²) in [5.41, 5.74) is 3.94. The maximum absolute atomic E-state index is 13.5. The van der Waals surface area contributed by atoms with Gasteiger partial charge in [-0.1, -0.05) is 48.5 Å². The van der Waals surface area contributed by atoms with Gasteiger partial charge in [0.2, 0.25) is 0 Å². The van der Waals surface area contributed by atoms with Gasteiger partial charge in [-0.25, -0.2) is 18.6 Å². The first kappa shape index (κ1) is 24.2. The molecule has 1 aromatic heterocycles. The summed E-state index contributed by atoms with van der Waals surface area (Å²) in [6, 6.07) is 20.4.